The van der Waals surface area contributed by atoms with Gasteiger partial charge in [0.1, 0.15) is 0 Å². The van der Waals surface area contributed by atoms with Gasteiger partial charge in [-0.15, -0.1) is 10.2 Å². The van der Waals surface area contributed by atoms with E-state index in [1.54, 1.807) is 0 Å². The van der Waals surface area contributed by atoms with Gasteiger partial charge in [0.05, 0.1) is 6.54 Å². The van der Waals surface area contributed by atoms with E-state index in [1.165, 1.54) is 12.8 Å². The van der Waals surface area contributed by atoms with Gasteiger partial charge >= 0.3 is 0 Å². The van der Waals surface area contributed by atoms with Crippen LogP contribution in [0.15, 0.2) is 4.42 Å². The molecule has 1 unspecified atom stereocenters. The highest BCUT2D eigenvalue weighted by Crippen LogP contribution is 2.20. The fourth-order valence-electron chi connectivity index (χ4n) is 2.34. The lowest BCUT2D eigenvalue weighted by Gasteiger charge is -2.22. The van der Waals surface area contributed by atoms with E-state index in [9.17, 15) is 0 Å². The number of nitrogens with zero attached hydrogens (tertiary/aromatic N) is 3. The maximum absolute atomic E-state index is 5.76. The summed E-state index contributed by atoms with van der Waals surface area (Å²) in [5, 5.41) is 11.8. The summed E-state index contributed by atoms with van der Waals surface area (Å²) in [6.07, 6.45) is 2.56. The van der Waals surface area contributed by atoms with E-state index in [1.807, 2.05) is 0 Å². The summed E-state index contributed by atoms with van der Waals surface area (Å²) < 4.78 is 5.76. The predicted molar refractivity (Wildman–Crippen MR) is 75.0 cm³/mol. The molecule has 1 fully saturated rings. The van der Waals surface area contributed by atoms with E-state index < -0.39 is 0 Å². The molecule has 0 aliphatic carbocycles. The van der Waals surface area contributed by atoms with Crippen molar-refractivity contribution in [2.45, 2.75) is 58.5 Å². The normalized spacial score (nSPS) is 20.4. The van der Waals surface area contributed by atoms with Gasteiger partial charge in [0.25, 0.3) is 0 Å². The Kier molecular flexibility index (Phi) is 4.58. The van der Waals surface area contributed by atoms with Gasteiger partial charge in [0.15, 0.2) is 0 Å². The first-order valence-corrected chi connectivity index (χ1v) is 7.27. The van der Waals surface area contributed by atoms with Crippen molar-refractivity contribution < 1.29 is 4.42 Å². The molecule has 5 heteroatoms. The number of aromatic nitrogens is 2. The van der Waals surface area contributed by atoms with E-state index in [-0.39, 0.29) is 5.41 Å². The zero-order chi connectivity index (χ0) is 13.9. The molecular formula is C14H26N4O. The third kappa shape index (κ3) is 4.01. The Morgan fingerprint density at radius 1 is 1.37 bits per heavy atom. The molecule has 0 spiro atoms. The quantitative estimate of drug-likeness (QED) is 0.882. The van der Waals surface area contributed by atoms with Gasteiger partial charge < -0.3 is 9.73 Å². The van der Waals surface area contributed by atoms with E-state index in [0.29, 0.717) is 6.04 Å². The van der Waals surface area contributed by atoms with Gasteiger partial charge in [-0.2, -0.15) is 0 Å². The lowest BCUT2D eigenvalue weighted by Crippen LogP contribution is -2.37. The van der Waals surface area contributed by atoms with Gasteiger partial charge in [-0.25, -0.2) is 0 Å². The van der Waals surface area contributed by atoms with Crippen LogP contribution in [0.1, 0.15) is 52.3 Å². The summed E-state index contributed by atoms with van der Waals surface area (Å²) in [6, 6.07) is 0.616. The van der Waals surface area contributed by atoms with Crippen LogP contribution >= 0.6 is 0 Å². The molecule has 19 heavy (non-hydrogen) atoms. The molecular weight excluding hydrogens is 240 g/mol. The fraction of sp³-hybridized carbons (Fsp3) is 0.857. The Labute approximate surface area is 115 Å². The highest BCUT2D eigenvalue weighted by Gasteiger charge is 2.23. The molecule has 0 aromatic carbocycles. The van der Waals surface area contributed by atoms with Gasteiger partial charge in [-0.05, 0) is 25.9 Å². The number of hydrogen-bond donors (Lipinski definition) is 1. The van der Waals surface area contributed by atoms with Crippen LogP contribution in [0.2, 0.25) is 0 Å². The number of rotatable bonds is 5. The van der Waals surface area contributed by atoms with E-state index in [2.05, 4.69) is 48.1 Å². The van der Waals surface area contributed by atoms with Crippen LogP contribution in [-0.4, -0.2) is 40.8 Å². The van der Waals surface area contributed by atoms with Crippen molar-refractivity contribution in [2.24, 2.45) is 0 Å². The summed E-state index contributed by atoms with van der Waals surface area (Å²) in [5.74, 6) is 1.45. The largest absolute Gasteiger partial charge is 0.423 e. The first-order chi connectivity index (χ1) is 8.99. The van der Waals surface area contributed by atoms with Crippen molar-refractivity contribution >= 4 is 0 Å². The van der Waals surface area contributed by atoms with Crippen LogP contribution in [0.25, 0.3) is 0 Å². The molecule has 1 aliphatic rings. The fourth-order valence-corrected chi connectivity index (χ4v) is 2.34. The Morgan fingerprint density at radius 3 is 2.68 bits per heavy atom. The zero-order valence-corrected chi connectivity index (χ0v) is 12.6. The Bertz CT molecular complexity index is 390. The molecule has 1 aromatic rings. The first kappa shape index (κ1) is 14.5. The molecule has 0 bridgehead atoms. The van der Waals surface area contributed by atoms with Crippen molar-refractivity contribution in [2.75, 3.05) is 19.6 Å². The monoisotopic (exact) mass is 266 g/mol. The smallest absolute Gasteiger partial charge is 0.230 e. The molecule has 0 amide bonds. The molecule has 1 aromatic heterocycles. The Hall–Kier alpha value is -0.940. The Balaban J connectivity index is 1.92. The van der Waals surface area contributed by atoms with Gasteiger partial charge in [-0.3, -0.25) is 4.90 Å². The minimum Gasteiger partial charge on any atom is -0.423 e. The van der Waals surface area contributed by atoms with Crippen molar-refractivity contribution in [3.05, 3.63) is 11.8 Å². The maximum atomic E-state index is 5.76. The van der Waals surface area contributed by atoms with Gasteiger partial charge in [0.2, 0.25) is 11.8 Å². The van der Waals surface area contributed by atoms with Gasteiger partial charge in [-0.1, -0.05) is 27.7 Å². The maximum Gasteiger partial charge on any atom is 0.230 e. The number of hydrogen-bond acceptors (Lipinski definition) is 5. The highest BCUT2D eigenvalue weighted by molar-refractivity contribution is 4.96. The van der Waals surface area contributed by atoms with Crippen molar-refractivity contribution in [1.82, 2.24) is 20.4 Å². The van der Waals surface area contributed by atoms with Crippen molar-refractivity contribution in [3.63, 3.8) is 0 Å². The summed E-state index contributed by atoms with van der Waals surface area (Å²) in [4.78, 5) is 2.36. The van der Waals surface area contributed by atoms with Crippen LogP contribution < -0.4 is 5.32 Å². The third-order valence-electron chi connectivity index (χ3n) is 3.56. The second kappa shape index (κ2) is 6.01. The zero-order valence-electron chi connectivity index (χ0n) is 12.6. The van der Waals surface area contributed by atoms with Gasteiger partial charge in [0, 0.05) is 18.0 Å². The first-order valence-electron chi connectivity index (χ1n) is 7.27. The van der Waals surface area contributed by atoms with E-state index in [4.69, 9.17) is 4.42 Å². The van der Waals surface area contributed by atoms with Crippen LogP contribution in [0.5, 0.6) is 0 Å². The average Bonchev–Trinajstić information content (AvgIpc) is 2.98. The van der Waals surface area contributed by atoms with E-state index in [0.717, 1.165) is 38.0 Å². The second-order valence-electron chi connectivity index (χ2n) is 6.37. The molecule has 1 aliphatic heterocycles. The predicted octanol–water partition coefficient (Wildman–Crippen LogP) is 1.94. The lowest BCUT2D eigenvalue weighted by molar-refractivity contribution is 0.224. The SMILES string of the molecule is CCN(Cc1nnc(C(C)(C)C)o1)CC1CCCN1. The molecule has 2 rings (SSSR count). The lowest BCUT2D eigenvalue weighted by atomic mass is 9.97. The Morgan fingerprint density at radius 2 is 2.16 bits per heavy atom. The summed E-state index contributed by atoms with van der Waals surface area (Å²) in [7, 11) is 0. The highest BCUT2D eigenvalue weighted by atomic mass is 16.4. The standard InChI is InChI=1S/C14H26N4O/c1-5-18(9-11-7-6-8-15-11)10-12-16-17-13(19-12)14(2,3)4/h11,15H,5-10H2,1-4H3. The summed E-state index contributed by atoms with van der Waals surface area (Å²) in [6.45, 7) is 12.4. The number of likely N-dealkylation sites (N-methyl/N-ethyl adjacent to an activating group) is 1. The minimum absolute atomic E-state index is 0.0741. The van der Waals surface area contributed by atoms with Crippen molar-refractivity contribution in [3.8, 4) is 0 Å². The summed E-state index contributed by atoms with van der Waals surface area (Å²) >= 11 is 0. The molecule has 5 nitrogen and oxygen atoms in total. The van der Waals surface area contributed by atoms with Crippen LogP contribution in [0.3, 0.4) is 0 Å². The molecule has 1 atom stereocenters. The minimum atomic E-state index is -0.0741. The molecule has 0 saturated carbocycles. The third-order valence-corrected chi connectivity index (χ3v) is 3.56. The summed E-state index contributed by atoms with van der Waals surface area (Å²) in [5.41, 5.74) is -0.0741. The molecule has 2 heterocycles. The molecule has 108 valence electrons. The van der Waals surface area contributed by atoms with Crippen LogP contribution in [-0.2, 0) is 12.0 Å². The van der Waals surface area contributed by atoms with E-state index >= 15 is 0 Å². The van der Waals surface area contributed by atoms with Crippen LogP contribution in [0, 0.1) is 0 Å². The van der Waals surface area contributed by atoms with Crippen molar-refractivity contribution in [1.29, 1.82) is 0 Å². The molecule has 1 saturated heterocycles. The molecule has 1 N–H and O–H groups in total. The van der Waals surface area contributed by atoms with Crippen LogP contribution in [0.4, 0.5) is 0 Å². The average molecular weight is 266 g/mol. The molecule has 0 radical (unpaired) electrons. The second-order valence-corrected chi connectivity index (χ2v) is 6.37. The number of nitrogens with one attached hydrogen (secondary N) is 1. The topological polar surface area (TPSA) is 54.2 Å².